The Labute approximate surface area is 165 Å². The second kappa shape index (κ2) is 9.39. The van der Waals surface area contributed by atoms with Gasteiger partial charge in [-0.2, -0.15) is 0 Å². The summed E-state index contributed by atoms with van der Waals surface area (Å²) in [5, 5.41) is 2.87. The minimum absolute atomic E-state index is 0.111. The lowest BCUT2D eigenvalue weighted by molar-refractivity contribution is -0.143. The van der Waals surface area contributed by atoms with E-state index in [1.54, 1.807) is 20.8 Å². The molecule has 0 atom stereocenters. The lowest BCUT2D eigenvalue weighted by atomic mass is 10.0. The zero-order chi connectivity index (χ0) is 20.8. The molecule has 152 valence electrons. The number of H-pyrrole nitrogens is 1. The summed E-state index contributed by atoms with van der Waals surface area (Å²) >= 11 is 0. The first-order valence-corrected chi connectivity index (χ1v) is 9.61. The van der Waals surface area contributed by atoms with Gasteiger partial charge >= 0.3 is 11.9 Å². The van der Waals surface area contributed by atoms with Crippen molar-refractivity contribution in [2.24, 2.45) is 0 Å². The Bertz CT molecular complexity index is 845. The van der Waals surface area contributed by atoms with Gasteiger partial charge in [0.2, 0.25) is 0 Å². The van der Waals surface area contributed by atoms with E-state index in [2.05, 4.69) is 10.3 Å². The van der Waals surface area contributed by atoms with Crippen LogP contribution < -0.4 is 5.32 Å². The first-order chi connectivity index (χ1) is 13.3. The molecule has 2 heterocycles. The van der Waals surface area contributed by atoms with Gasteiger partial charge in [0.05, 0.1) is 13.2 Å². The largest absolute Gasteiger partial charge is 0.466 e. The third kappa shape index (κ3) is 4.52. The molecule has 0 bridgehead atoms. The smallest absolute Gasteiger partial charge is 0.355 e. The van der Waals surface area contributed by atoms with Gasteiger partial charge in [0.15, 0.2) is 0 Å². The molecule has 1 aromatic heterocycles. The quantitative estimate of drug-likeness (QED) is 0.667. The molecule has 0 unspecified atom stereocenters. The Morgan fingerprint density at radius 3 is 2.36 bits per heavy atom. The van der Waals surface area contributed by atoms with Crippen LogP contribution in [0.1, 0.15) is 67.8 Å². The van der Waals surface area contributed by atoms with Crippen LogP contribution in [-0.2, 0) is 25.5 Å². The SMILES string of the molecule is CCOC(=O)CCc1c(C(=O)OCC)[nH]c(/C=C2/NC(=O)C(C)=C2CC)c1C. The van der Waals surface area contributed by atoms with Gasteiger partial charge in [0.25, 0.3) is 5.91 Å². The number of hydrogen-bond acceptors (Lipinski definition) is 5. The predicted octanol–water partition coefficient (Wildman–Crippen LogP) is 3.19. The number of nitrogens with one attached hydrogen (secondary N) is 2. The van der Waals surface area contributed by atoms with Gasteiger partial charge in [-0.05, 0) is 63.3 Å². The molecular formula is C21H28N2O5. The Kier molecular flexibility index (Phi) is 7.20. The normalized spacial score (nSPS) is 15.2. The fourth-order valence-electron chi connectivity index (χ4n) is 3.30. The van der Waals surface area contributed by atoms with Crippen LogP contribution in [0.15, 0.2) is 16.8 Å². The molecule has 0 radical (unpaired) electrons. The first-order valence-electron chi connectivity index (χ1n) is 9.61. The number of aromatic amines is 1. The van der Waals surface area contributed by atoms with Gasteiger partial charge in [0, 0.05) is 23.4 Å². The van der Waals surface area contributed by atoms with E-state index in [1.807, 2.05) is 19.9 Å². The van der Waals surface area contributed by atoms with Crippen molar-refractivity contribution in [3.63, 3.8) is 0 Å². The van der Waals surface area contributed by atoms with E-state index in [9.17, 15) is 14.4 Å². The molecule has 0 aromatic carbocycles. The third-order valence-corrected chi connectivity index (χ3v) is 4.79. The topological polar surface area (TPSA) is 97.5 Å². The molecule has 0 spiro atoms. The molecule has 0 aliphatic carbocycles. The summed E-state index contributed by atoms with van der Waals surface area (Å²) in [5.41, 5.74) is 4.98. The van der Waals surface area contributed by atoms with E-state index in [0.29, 0.717) is 30.0 Å². The van der Waals surface area contributed by atoms with Crippen molar-refractivity contribution >= 4 is 23.9 Å². The van der Waals surface area contributed by atoms with E-state index in [1.165, 1.54) is 0 Å². The van der Waals surface area contributed by atoms with Crippen molar-refractivity contribution < 1.29 is 23.9 Å². The third-order valence-electron chi connectivity index (χ3n) is 4.79. The standard InChI is InChI=1S/C21H28N2O5/c1-6-14-13(5)20(25)23-17(14)11-16-12(4)15(9-10-18(24)27-7-2)19(22-16)21(26)28-8-3/h11,22H,6-10H2,1-5H3,(H,23,25)/b17-11+. The molecule has 0 saturated heterocycles. The number of hydrogen-bond donors (Lipinski definition) is 2. The van der Waals surface area contributed by atoms with Crippen molar-refractivity contribution in [1.29, 1.82) is 0 Å². The minimum atomic E-state index is -0.466. The van der Waals surface area contributed by atoms with Crippen LogP contribution in [-0.4, -0.2) is 36.0 Å². The summed E-state index contributed by atoms with van der Waals surface area (Å²) in [6, 6.07) is 0. The van der Waals surface area contributed by atoms with Gasteiger partial charge in [-0.1, -0.05) is 6.92 Å². The molecule has 0 fully saturated rings. The van der Waals surface area contributed by atoms with Crippen LogP contribution >= 0.6 is 0 Å². The average molecular weight is 388 g/mol. The first kappa shape index (κ1) is 21.5. The van der Waals surface area contributed by atoms with Crippen molar-refractivity contribution in [2.45, 2.75) is 53.9 Å². The fraction of sp³-hybridized carbons (Fsp3) is 0.476. The fourth-order valence-corrected chi connectivity index (χ4v) is 3.30. The Hall–Kier alpha value is -2.83. The number of ether oxygens (including phenoxy) is 2. The molecule has 1 aliphatic rings. The summed E-state index contributed by atoms with van der Waals surface area (Å²) < 4.78 is 10.1. The van der Waals surface area contributed by atoms with Crippen molar-refractivity contribution in [2.75, 3.05) is 13.2 Å². The monoisotopic (exact) mass is 388 g/mol. The minimum Gasteiger partial charge on any atom is -0.466 e. The Balaban J connectivity index is 2.42. The number of esters is 2. The number of carbonyl (C=O) groups excluding carboxylic acids is 3. The van der Waals surface area contributed by atoms with Crippen LogP contribution in [0.25, 0.3) is 6.08 Å². The van der Waals surface area contributed by atoms with E-state index in [4.69, 9.17) is 9.47 Å². The molecule has 7 nitrogen and oxygen atoms in total. The summed E-state index contributed by atoms with van der Waals surface area (Å²) in [6.07, 6.45) is 3.08. The van der Waals surface area contributed by atoms with E-state index < -0.39 is 5.97 Å². The molecule has 2 rings (SSSR count). The predicted molar refractivity (Wildman–Crippen MR) is 106 cm³/mol. The number of amides is 1. The Morgan fingerprint density at radius 1 is 1.07 bits per heavy atom. The highest BCUT2D eigenvalue weighted by atomic mass is 16.5. The maximum absolute atomic E-state index is 12.4. The maximum atomic E-state index is 12.4. The molecule has 7 heteroatoms. The van der Waals surface area contributed by atoms with Gasteiger partial charge in [-0.15, -0.1) is 0 Å². The molecule has 1 aliphatic heterocycles. The number of rotatable bonds is 8. The molecule has 2 N–H and O–H groups in total. The van der Waals surface area contributed by atoms with Crippen LogP contribution in [0.5, 0.6) is 0 Å². The lowest BCUT2D eigenvalue weighted by Gasteiger charge is -2.05. The second-order valence-electron chi connectivity index (χ2n) is 6.51. The summed E-state index contributed by atoms with van der Waals surface area (Å²) in [6.45, 7) is 9.73. The van der Waals surface area contributed by atoms with Gasteiger partial charge < -0.3 is 19.8 Å². The van der Waals surface area contributed by atoms with Crippen LogP contribution in [0.3, 0.4) is 0 Å². The number of allylic oxidation sites excluding steroid dienone is 1. The van der Waals surface area contributed by atoms with E-state index >= 15 is 0 Å². The number of aromatic nitrogens is 1. The van der Waals surface area contributed by atoms with Gasteiger partial charge in [0.1, 0.15) is 5.69 Å². The highest BCUT2D eigenvalue weighted by Crippen LogP contribution is 2.28. The van der Waals surface area contributed by atoms with Crippen LogP contribution in [0.4, 0.5) is 0 Å². The zero-order valence-electron chi connectivity index (χ0n) is 17.2. The highest BCUT2D eigenvalue weighted by Gasteiger charge is 2.25. The molecular weight excluding hydrogens is 360 g/mol. The highest BCUT2D eigenvalue weighted by molar-refractivity contribution is 6.01. The summed E-state index contributed by atoms with van der Waals surface area (Å²) in [5.74, 6) is -0.889. The van der Waals surface area contributed by atoms with Crippen LogP contribution in [0.2, 0.25) is 0 Å². The van der Waals surface area contributed by atoms with Crippen molar-refractivity contribution in [1.82, 2.24) is 10.3 Å². The molecule has 28 heavy (non-hydrogen) atoms. The molecule has 1 aromatic rings. The average Bonchev–Trinajstić information content (AvgIpc) is 3.10. The van der Waals surface area contributed by atoms with Gasteiger partial charge in [-0.3, -0.25) is 9.59 Å². The van der Waals surface area contributed by atoms with Crippen molar-refractivity contribution in [3.05, 3.63) is 39.4 Å². The summed E-state index contributed by atoms with van der Waals surface area (Å²) in [7, 11) is 0. The lowest BCUT2D eigenvalue weighted by Crippen LogP contribution is -2.15. The second-order valence-corrected chi connectivity index (χ2v) is 6.51. The maximum Gasteiger partial charge on any atom is 0.355 e. The van der Waals surface area contributed by atoms with Gasteiger partial charge in [-0.25, -0.2) is 4.79 Å². The number of carbonyl (C=O) groups is 3. The summed E-state index contributed by atoms with van der Waals surface area (Å²) in [4.78, 5) is 39.3. The van der Waals surface area contributed by atoms with E-state index in [0.717, 1.165) is 28.8 Å². The Morgan fingerprint density at radius 2 is 1.75 bits per heavy atom. The molecule has 1 amide bonds. The zero-order valence-corrected chi connectivity index (χ0v) is 17.2. The van der Waals surface area contributed by atoms with E-state index in [-0.39, 0.29) is 24.9 Å². The van der Waals surface area contributed by atoms with Crippen LogP contribution in [0, 0.1) is 6.92 Å². The van der Waals surface area contributed by atoms with Crippen molar-refractivity contribution in [3.8, 4) is 0 Å². The molecule has 0 saturated carbocycles.